The van der Waals surface area contributed by atoms with Crippen LogP contribution in [0.1, 0.15) is 6.92 Å². The highest BCUT2D eigenvalue weighted by Crippen LogP contribution is 2.48. The third-order valence-electron chi connectivity index (χ3n) is 8.84. The standard InChI is InChI=1S/C43H31N/c1-3-4-5-16-29(2)44-39-27-13-12-24-37(39)43-38(26-15-28-40(43)44)42-35-22-10-8-20-33(35)41(34-21-9-11-23-36(34)42)32-25-14-18-30-17-6-7-19-31(30)32/h3-28H,2H2,1H3/b4-3-,16-5-. The fourth-order valence-corrected chi connectivity index (χ4v) is 7.04. The molecule has 0 aliphatic heterocycles. The van der Waals surface area contributed by atoms with E-state index in [4.69, 9.17) is 0 Å². The number of hydrogen-bond acceptors (Lipinski definition) is 0. The minimum atomic E-state index is 0.937. The van der Waals surface area contributed by atoms with Crippen LogP contribution in [0.2, 0.25) is 0 Å². The van der Waals surface area contributed by atoms with E-state index >= 15 is 0 Å². The summed E-state index contributed by atoms with van der Waals surface area (Å²) in [5, 5.41) is 10.0. The molecular weight excluding hydrogens is 530 g/mol. The maximum absolute atomic E-state index is 4.48. The first-order chi connectivity index (χ1) is 21.8. The quantitative estimate of drug-likeness (QED) is 0.145. The molecule has 208 valence electrons. The molecule has 0 N–H and O–H groups in total. The van der Waals surface area contributed by atoms with Gasteiger partial charge in [-0.25, -0.2) is 0 Å². The minimum Gasteiger partial charge on any atom is -0.310 e. The molecule has 0 saturated heterocycles. The Balaban J connectivity index is 1.52. The fraction of sp³-hybridized carbons (Fsp3) is 0.0233. The summed E-state index contributed by atoms with van der Waals surface area (Å²) in [5.74, 6) is 0. The largest absolute Gasteiger partial charge is 0.310 e. The third kappa shape index (κ3) is 3.94. The molecule has 0 saturated carbocycles. The summed E-state index contributed by atoms with van der Waals surface area (Å²) in [6.07, 6.45) is 8.22. The number of para-hydroxylation sites is 1. The van der Waals surface area contributed by atoms with Crippen molar-refractivity contribution in [3.63, 3.8) is 0 Å². The Bertz CT molecular complexity index is 2400. The zero-order valence-electron chi connectivity index (χ0n) is 24.7. The van der Waals surface area contributed by atoms with Gasteiger partial charge in [-0.05, 0) is 79.7 Å². The van der Waals surface area contributed by atoms with Crippen LogP contribution in [0, 0.1) is 0 Å². The SMILES string of the molecule is C=C(/C=C\C=C/C)n1c2ccccc2c2c(-c3c4ccccc4c(-c4cccc5ccccc45)c4ccccc34)cccc21. The van der Waals surface area contributed by atoms with E-state index in [-0.39, 0.29) is 0 Å². The zero-order chi connectivity index (χ0) is 29.6. The molecule has 8 aromatic rings. The molecular formula is C43H31N. The van der Waals surface area contributed by atoms with Crippen molar-refractivity contribution in [2.24, 2.45) is 0 Å². The number of aromatic nitrogens is 1. The Hall–Kier alpha value is -5.66. The van der Waals surface area contributed by atoms with Crippen molar-refractivity contribution in [1.82, 2.24) is 4.57 Å². The topological polar surface area (TPSA) is 4.93 Å². The summed E-state index contributed by atoms with van der Waals surface area (Å²) in [5.41, 5.74) is 8.31. The van der Waals surface area contributed by atoms with E-state index < -0.39 is 0 Å². The second-order valence-electron chi connectivity index (χ2n) is 11.3. The van der Waals surface area contributed by atoms with Crippen LogP contribution in [-0.2, 0) is 0 Å². The molecule has 0 aliphatic rings. The summed E-state index contributed by atoms with van der Waals surface area (Å²) in [7, 11) is 0. The number of rotatable bonds is 5. The van der Waals surface area contributed by atoms with Gasteiger partial charge in [-0.1, -0.05) is 146 Å². The molecule has 0 bridgehead atoms. The number of fused-ring (bicyclic) bond motifs is 6. The van der Waals surface area contributed by atoms with Crippen LogP contribution in [-0.4, -0.2) is 4.57 Å². The van der Waals surface area contributed by atoms with Gasteiger partial charge in [0.2, 0.25) is 0 Å². The predicted octanol–water partition coefficient (Wildman–Crippen LogP) is 12.2. The van der Waals surface area contributed by atoms with Crippen molar-refractivity contribution in [3.8, 4) is 22.3 Å². The lowest BCUT2D eigenvalue weighted by atomic mass is 9.84. The number of allylic oxidation sites excluding steroid dienone is 5. The zero-order valence-corrected chi connectivity index (χ0v) is 24.7. The van der Waals surface area contributed by atoms with E-state index in [2.05, 4.69) is 157 Å². The van der Waals surface area contributed by atoms with Gasteiger partial charge >= 0.3 is 0 Å². The van der Waals surface area contributed by atoms with Crippen molar-refractivity contribution in [2.45, 2.75) is 6.92 Å². The maximum Gasteiger partial charge on any atom is 0.0547 e. The van der Waals surface area contributed by atoms with Crippen LogP contribution in [0.15, 0.2) is 164 Å². The second kappa shape index (κ2) is 10.6. The molecule has 8 rings (SSSR count). The summed E-state index contributed by atoms with van der Waals surface area (Å²) in [6.45, 7) is 6.51. The van der Waals surface area contributed by atoms with Crippen LogP contribution in [0.3, 0.4) is 0 Å². The lowest BCUT2D eigenvalue weighted by Gasteiger charge is -2.19. The summed E-state index contributed by atoms with van der Waals surface area (Å²) >= 11 is 0. The van der Waals surface area contributed by atoms with Gasteiger partial charge in [-0.3, -0.25) is 0 Å². The van der Waals surface area contributed by atoms with Crippen LogP contribution in [0.25, 0.3) is 82.1 Å². The molecule has 0 unspecified atom stereocenters. The molecule has 1 heteroatoms. The first-order valence-corrected chi connectivity index (χ1v) is 15.2. The van der Waals surface area contributed by atoms with Crippen molar-refractivity contribution >= 4 is 59.8 Å². The molecule has 0 fully saturated rings. The minimum absolute atomic E-state index is 0.937. The Morgan fingerprint density at radius 1 is 0.500 bits per heavy atom. The van der Waals surface area contributed by atoms with E-state index in [9.17, 15) is 0 Å². The van der Waals surface area contributed by atoms with Crippen LogP contribution >= 0.6 is 0 Å². The van der Waals surface area contributed by atoms with Gasteiger partial charge in [0, 0.05) is 16.5 Å². The average Bonchev–Trinajstić information content (AvgIpc) is 3.42. The molecule has 0 atom stereocenters. The molecule has 1 heterocycles. The summed E-state index contributed by atoms with van der Waals surface area (Å²) in [6, 6.07) is 48.6. The van der Waals surface area contributed by atoms with Crippen LogP contribution in [0.5, 0.6) is 0 Å². The average molecular weight is 562 g/mol. The Morgan fingerprint density at radius 3 is 1.68 bits per heavy atom. The first-order valence-electron chi connectivity index (χ1n) is 15.2. The lowest BCUT2D eigenvalue weighted by molar-refractivity contribution is 1.24. The van der Waals surface area contributed by atoms with Gasteiger partial charge in [-0.15, -0.1) is 0 Å². The first kappa shape index (κ1) is 26.0. The Labute approximate surface area is 257 Å². The van der Waals surface area contributed by atoms with Crippen molar-refractivity contribution in [1.29, 1.82) is 0 Å². The second-order valence-corrected chi connectivity index (χ2v) is 11.3. The Kier molecular flexibility index (Phi) is 6.24. The summed E-state index contributed by atoms with van der Waals surface area (Å²) in [4.78, 5) is 0. The van der Waals surface area contributed by atoms with E-state index in [0.29, 0.717) is 0 Å². The third-order valence-corrected chi connectivity index (χ3v) is 8.84. The van der Waals surface area contributed by atoms with Gasteiger partial charge in [-0.2, -0.15) is 0 Å². The van der Waals surface area contributed by atoms with Gasteiger partial charge in [0.15, 0.2) is 0 Å². The number of benzene rings is 7. The highest BCUT2D eigenvalue weighted by Gasteiger charge is 2.21. The van der Waals surface area contributed by atoms with Crippen LogP contribution in [0.4, 0.5) is 0 Å². The fourth-order valence-electron chi connectivity index (χ4n) is 7.04. The van der Waals surface area contributed by atoms with Crippen molar-refractivity contribution in [2.75, 3.05) is 0 Å². The molecule has 0 aliphatic carbocycles. The van der Waals surface area contributed by atoms with Gasteiger partial charge in [0.25, 0.3) is 0 Å². The van der Waals surface area contributed by atoms with E-state index in [0.717, 1.165) is 16.7 Å². The lowest BCUT2D eigenvalue weighted by Crippen LogP contribution is -1.94. The predicted molar refractivity (Wildman–Crippen MR) is 192 cm³/mol. The van der Waals surface area contributed by atoms with Crippen molar-refractivity contribution in [3.05, 3.63) is 164 Å². The Morgan fingerprint density at radius 2 is 1.00 bits per heavy atom. The highest BCUT2D eigenvalue weighted by atomic mass is 15.0. The molecule has 1 aromatic heterocycles. The molecule has 0 amide bonds. The van der Waals surface area contributed by atoms with Gasteiger partial charge in [0.05, 0.1) is 11.0 Å². The van der Waals surface area contributed by atoms with Crippen LogP contribution < -0.4 is 0 Å². The maximum atomic E-state index is 4.48. The van der Waals surface area contributed by atoms with Gasteiger partial charge < -0.3 is 4.57 Å². The molecule has 44 heavy (non-hydrogen) atoms. The molecule has 7 aromatic carbocycles. The van der Waals surface area contributed by atoms with E-state index in [1.807, 2.05) is 19.1 Å². The monoisotopic (exact) mass is 561 g/mol. The highest BCUT2D eigenvalue weighted by molar-refractivity contribution is 6.27. The normalized spacial score (nSPS) is 12.1. The van der Waals surface area contributed by atoms with E-state index in [1.54, 1.807) is 0 Å². The molecule has 0 spiro atoms. The number of nitrogens with zero attached hydrogens (tertiary/aromatic N) is 1. The summed E-state index contributed by atoms with van der Waals surface area (Å²) < 4.78 is 2.29. The van der Waals surface area contributed by atoms with E-state index in [1.165, 1.54) is 65.3 Å². The van der Waals surface area contributed by atoms with Gasteiger partial charge in [0.1, 0.15) is 0 Å². The van der Waals surface area contributed by atoms with Crippen molar-refractivity contribution < 1.29 is 0 Å². The molecule has 0 radical (unpaired) electrons. The smallest absolute Gasteiger partial charge is 0.0547 e. The molecule has 1 nitrogen and oxygen atoms in total. The number of hydrogen-bond donors (Lipinski definition) is 0.